The van der Waals surface area contributed by atoms with E-state index in [1.165, 1.54) is 10.8 Å². The molecule has 0 unspecified atom stereocenters. The van der Waals surface area contributed by atoms with Crippen molar-refractivity contribution in [2.45, 2.75) is 0 Å². The lowest BCUT2D eigenvalue weighted by atomic mass is 9.93. The van der Waals surface area contributed by atoms with Gasteiger partial charge in [0.15, 0.2) is 5.84 Å². The molecule has 56 heavy (non-hydrogen) atoms. The van der Waals surface area contributed by atoms with Crippen LogP contribution >= 0.6 is 0 Å². The van der Waals surface area contributed by atoms with Gasteiger partial charge in [-0.2, -0.15) is 0 Å². The number of amidine groups is 2. The van der Waals surface area contributed by atoms with Crippen molar-refractivity contribution in [3.8, 4) is 22.5 Å². The van der Waals surface area contributed by atoms with E-state index >= 15 is 0 Å². The molecule has 0 atom stereocenters. The Kier molecular flexibility index (Phi) is 7.06. The summed E-state index contributed by atoms with van der Waals surface area (Å²) in [4.78, 5) is 4.79. The van der Waals surface area contributed by atoms with Crippen LogP contribution in [0.4, 0.5) is 0 Å². The molecule has 0 aliphatic carbocycles. The number of para-hydroxylation sites is 5. The summed E-state index contributed by atoms with van der Waals surface area (Å²) in [5.74, 6) is 0.344. The highest BCUT2D eigenvalue weighted by molar-refractivity contribution is 6.17. The van der Waals surface area contributed by atoms with E-state index in [0.717, 1.165) is 82.8 Å². The molecule has 11 aromatic rings. The summed E-state index contributed by atoms with van der Waals surface area (Å²) in [6, 6.07) is 62.6. The van der Waals surface area contributed by atoms with Gasteiger partial charge in [-0.15, -0.1) is 0 Å². The third-order valence-electron chi connectivity index (χ3n) is 11.0. The Hall–Kier alpha value is -7.70. The van der Waals surface area contributed by atoms with E-state index in [1.807, 2.05) is 48.5 Å². The molecule has 0 spiro atoms. The third kappa shape index (κ3) is 4.76. The van der Waals surface area contributed by atoms with Crippen molar-refractivity contribution >= 4 is 77.2 Å². The molecule has 3 N–H and O–H groups in total. The topological polar surface area (TPSA) is 85.2 Å². The Morgan fingerprint density at radius 3 is 1.59 bits per heavy atom. The predicted molar refractivity (Wildman–Crippen MR) is 232 cm³/mol. The Morgan fingerprint density at radius 2 is 0.982 bits per heavy atom. The second-order valence-corrected chi connectivity index (χ2v) is 14.1. The fourth-order valence-corrected chi connectivity index (χ4v) is 8.56. The van der Waals surface area contributed by atoms with Gasteiger partial charge in [-0.05, 0) is 60.2 Å². The van der Waals surface area contributed by atoms with Crippen molar-refractivity contribution in [3.63, 3.8) is 0 Å². The highest BCUT2D eigenvalue weighted by atomic mass is 16.3. The van der Waals surface area contributed by atoms with E-state index in [-0.39, 0.29) is 11.7 Å². The average Bonchev–Trinajstić information content (AvgIpc) is 3.91. The number of aliphatic imine (C=N–C) groups is 1. The number of hydrogen-bond donors (Lipinski definition) is 2. The van der Waals surface area contributed by atoms with Crippen LogP contribution in [0.2, 0.25) is 0 Å². The third-order valence-corrected chi connectivity index (χ3v) is 11.0. The van der Waals surface area contributed by atoms with Gasteiger partial charge in [-0.1, -0.05) is 127 Å². The Balaban J connectivity index is 1.34. The van der Waals surface area contributed by atoms with Crippen molar-refractivity contribution in [2.75, 3.05) is 0 Å². The summed E-state index contributed by atoms with van der Waals surface area (Å²) < 4.78 is 11.1. The number of benzene rings is 8. The molecule has 264 valence electrons. The molecule has 0 saturated carbocycles. The van der Waals surface area contributed by atoms with E-state index in [4.69, 9.17) is 20.6 Å². The highest BCUT2D eigenvalue weighted by Gasteiger charge is 2.26. The Morgan fingerprint density at radius 1 is 0.482 bits per heavy atom. The number of fused-ring (bicyclic) bond motifs is 9. The minimum absolute atomic E-state index is 0.0928. The molecular formula is C50H33N5O. The zero-order chi connectivity index (χ0) is 37.3. The van der Waals surface area contributed by atoms with Crippen LogP contribution in [-0.2, 0) is 0 Å². The smallest absolute Gasteiger partial charge is 0.154 e. The van der Waals surface area contributed by atoms with Crippen LogP contribution in [0.25, 0.3) is 88.1 Å². The van der Waals surface area contributed by atoms with Gasteiger partial charge in [0.2, 0.25) is 0 Å². The van der Waals surface area contributed by atoms with Crippen LogP contribution in [0.3, 0.4) is 0 Å². The minimum atomic E-state index is 0.0928. The molecule has 0 radical (unpaired) electrons. The fraction of sp³-hybridized carbons (Fsp3) is 0. The van der Waals surface area contributed by atoms with Gasteiger partial charge in [0.25, 0.3) is 0 Å². The normalized spacial score (nSPS) is 12.2. The molecule has 3 heterocycles. The van der Waals surface area contributed by atoms with Gasteiger partial charge in [0.05, 0.1) is 33.4 Å². The maximum atomic E-state index is 9.02. The largest absolute Gasteiger partial charge is 0.456 e. The molecule has 3 aromatic heterocycles. The van der Waals surface area contributed by atoms with Crippen LogP contribution < -0.4 is 5.73 Å². The second-order valence-electron chi connectivity index (χ2n) is 14.1. The maximum absolute atomic E-state index is 9.02. The van der Waals surface area contributed by atoms with Crippen molar-refractivity contribution in [3.05, 3.63) is 193 Å². The number of nitrogens with zero attached hydrogens (tertiary/aromatic N) is 3. The standard InChI is InChI=1S/C50H33N5O/c51-49(31-14-2-1-3-15-31)53-50(52)38-27-28-44(54-40-21-9-4-16-33(40)34-17-5-10-22-41(34)54)48(55-42-23-11-6-18-35(42)36-19-7-12-24-43(36)55)47(38)32-26-29-46-39(30-32)37-20-8-13-25-45(37)56-46/h1-30H,(H3,51,52,53). The van der Waals surface area contributed by atoms with Crippen molar-refractivity contribution < 1.29 is 4.42 Å². The number of furan rings is 1. The van der Waals surface area contributed by atoms with E-state index in [0.29, 0.717) is 5.56 Å². The number of nitrogens with two attached hydrogens (primary N) is 1. The van der Waals surface area contributed by atoms with Crippen LogP contribution in [0.1, 0.15) is 11.1 Å². The molecule has 0 aliphatic heterocycles. The first kappa shape index (κ1) is 31.8. The highest BCUT2D eigenvalue weighted by Crippen LogP contribution is 2.44. The summed E-state index contributed by atoms with van der Waals surface area (Å²) in [5.41, 5.74) is 18.3. The van der Waals surface area contributed by atoms with E-state index in [2.05, 4.69) is 143 Å². The first-order valence-corrected chi connectivity index (χ1v) is 18.7. The summed E-state index contributed by atoms with van der Waals surface area (Å²) in [5, 5.41) is 15.7. The van der Waals surface area contributed by atoms with Crippen molar-refractivity contribution in [2.24, 2.45) is 10.7 Å². The van der Waals surface area contributed by atoms with Crippen molar-refractivity contribution in [1.29, 1.82) is 5.41 Å². The van der Waals surface area contributed by atoms with Crippen LogP contribution in [0.15, 0.2) is 191 Å². The molecule has 6 nitrogen and oxygen atoms in total. The summed E-state index contributed by atoms with van der Waals surface area (Å²) in [6.45, 7) is 0. The molecule has 0 amide bonds. The van der Waals surface area contributed by atoms with Gasteiger partial charge in [-0.3, -0.25) is 5.41 Å². The molecule has 8 aromatic carbocycles. The first-order chi connectivity index (χ1) is 27.6. The monoisotopic (exact) mass is 719 g/mol. The van der Waals surface area contributed by atoms with Gasteiger partial charge >= 0.3 is 0 Å². The second kappa shape index (κ2) is 12.4. The quantitative estimate of drug-likeness (QED) is 0.137. The Bertz CT molecular complexity index is 3290. The molecule has 0 bridgehead atoms. The lowest BCUT2D eigenvalue weighted by molar-refractivity contribution is 0.669. The minimum Gasteiger partial charge on any atom is -0.456 e. The van der Waals surface area contributed by atoms with E-state index in [9.17, 15) is 0 Å². The zero-order valence-corrected chi connectivity index (χ0v) is 30.1. The maximum Gasteiger partial charge on any atom is 0.154 e. The number of rotatable bonds is 5. The zero-order valence-electron chi connectivity index (χ0n) is 30.1. The SMILES string of the molecule is N=C(N=C(N)c1ccc(-n2c3ccccc3c3ccccc32)c(-n2c3ccccc3c3ccccc32)c1-c1ccc2oc3ccccc3c2c1)c1ccccc1. The molecular weight excluding hydrogens is 687 g/mol. The molecule has 11 rings (SSSR count). The Labute approximate surface area is 321 Å². The predicted octanol–water partition coefficient (Wildman–Crippen LogP) is 12.2. The van der Waals surface area contributed by atoms with Gasteiger partial charge in [-0.25, -0.2) is 4.99 Å². The fourth-order valence-electron chi connectivity index (χ4n) is 8.56. The average molecular weight is 720 g/mol. The lowest BCUT2D eigenvalue weighted by Crippen LogP contribution is -2.19. The van der Waals surface area contributed by atoms with E-state index in [1.54, 1.807) is 0 Å². The van der Waals surface area contributed by atoms with E-state index < -0.39 is 0 Å². The van der Waals surface area contributed by atoms with Crippen LogP contribution in [0, 0.1) is 5.41 Å². The van der Waals surface area contributed by atoms with Crippen molar-refractivity contribution in [1.82, 2.24) is 9.13 Å². The summed E-state index contributed by atoms with van der Waals surface area (Å²) in [7, 11) is 0. The van der Waals surface area contributed by atoms with Gasteiger partial charge in [0.1, 0.15) is 17.0 Å². The molecule has 0 aliphatic rings. The number of nitrogens with one attached hydrogen (secondary N) is 1. The number of aromatic nitrogens is 2. The van der Waals surface area contributed by atoms with Crippen LogP contribution in [0.5, 0.6) is 0 Å². The van der Waals surface area contributed by atoms with Gasteiger partial charge in [0, 0.05) is 49.0 Å². The molecule has 0 fully saturated rings. The molecule has 0 saturated heterocycles. The molecule has 6 heteroatoms. The summed E-state index contributed by atoms with van der Waals surface area (Å²) in [6.07, 6.45) is 0. The summed E-state index contributed by atoms with van der Waals surface area (Å²) >= 11 is 0. The van der Waals surface area contributed by atoms with Gasteiger partial charge < -0.3 is 19.3 Å². The lowest BCUT2D eigenvalue weighted by Gasteiger charge is -2.23. The van der Waals surface area contributed by atoms with Crippen LogP contribution in [-0.4, -0.2) is 20.8 Å². The number of hydrogen-bond acceptors (Lipinski definition) is 2. The first-order valence-electron chi connectivity index (χ1n) is 18.7.